The molecule has 0 spiro atoms. The normalized spacial score (nSPS) is 11.0. The summed E-state index contributed by atoms with van der Waals surface area (Å²) in [4.78, 5) is 22.6. The number of halogens is 2. The SMILES string of the molecule is COC(=O)CCC(=O)OCc1ccc(OC(C)C)c([CH]=[Ru]([Cl])[Cl])c1. The van der Waals surface area contributed by atoms with Gasteiger partial charge in [0.15, 0.2) is 0 Å². The Bertz CT molecular complexity index is 612. The van der Waals surface area contributed by atoms with Crippen molar-refractivity contribution in [2.24, 2.45) is 0 Å². The minimum atomic E-state index is -2.02. The maximum atomic E-state index is 11.6. The third-order valence-electron chi connectivity index (χ3n) is 2.78. The molecule has 0 aliphatic carbocycles. The predicted molar refractivity (Wildman–Crippen MR) is 90.1 cm³/mol. The number of carbonyl (C=O) groups is 2. The quantitative estimate of drug-likeness (QED) is 0.435. The van der Waals surface area contributed by atoms with Crippen LogP contribution >= 0.6 is 19.4 Å². The average molecular weight is 464 g/mol. The van der Waals surface area contributed by atoms with Crippen molar-refractivity contribution in [3.05, 3.63) is 29.3 Å². The zero-order chi connectivity index (χ0) is 18.1. The molecule has 0 saturated heterocycles. The Hall–Kier alpha value is -0.967. The molecule has 0 aromatic heterocycles. The second-order valence-corrected chi connectivity index (χ2v) is 10.8. The Morgan fingerprint density at radius 3 is 2.46 bits per heavy atom. The van der Waals surface area contributed by atoms with Crippen molar-refractivity contribution < 1.29 is 37.3 Å². The van der Waals surface area contributed by atoms with Gasteiger partial charge in [-0.3, -0.25) is 0 Å². The van der Waals surface area contributed by atoms with Gasteiger partial charge in [-0.15, -0.1) is 0 Å². The zero-order valence-electron chi connectivity index (χ0n) is 13.7. The van der Waals surface area contributed by atoms with Crippen LogP contribution < -0.4 is 4.74 Å². The van der Waals surface area contributed by atoms with Gasteiger partial charge < -0.3 is 0 Å². The van der Waals surface area contributed by atoms with Gasteiger partial charge in [0.05, 0.1) is 0 Å². The molecular weight excluding hydrogens is 444 g/mol. The minimum absolute atomic E-state index is 0.00147. The Balaban J connectivity index is 2.73. The molecule has 0 N–H and O–H groups in total. The summed E-state index contributed by atoms with van der Waals surface area (Å²) in [5.74, 6) is -0.221. The average Bonchev–Trinajstić information content (AvgIpc) is 2.51. The molecule has 0 atom stereocenters. The van der Waals surface area contributed by atoms with E-state index in [-0.39, 0.29) is 25.6 Å². The summed E-state index contributed by atoms with van der Waals surface area (Å²) in [5, 5.41) is 0. The number of hydrogen-bond acceptors (Lipinski definition) is 5. The van der Waals surface area contributed by atoms with E-state index in [1.165, 1.54) is 7.11 Å². The number of rotatable bonds is 8. The van der Waals surface area contributed by atoms with Gasteiger partial charge in [0.1, 0.15) is 0 Å². The van der Waals surface area contributed by atoms with Crippen LogP contribution in [0.4, 0.5) is 0 Å². The number of ether oxygens (including phenoxy) is 3. The molecule has 0 amide bonds. The number of benzene rings is 1. The van der Waals surface area contributed by atoms with Crippen LogP contribution in [0.1, 0.15) is 37.8 Å². The van der Waals surface area contributed by atoms with Crippen LogP contribution in [0.5, 0.6) is 5.75 Å². The summed E-state index contributed by atoms with van der Waals surface area (Å²) in [6.45, 7) is 3.95. The van der Waals surface area contributed by atoms with Crippen LogP contribution in [0.3, 0.4) is 0 Å². The fourth-order valence-electron chi connectivity index (χ4n) is 1.75. The van der Waals surface area contributed by atoms with E-state index < -0.39 is 25.5 Å². The van der Waals surface area contributed by atoms with E-state index in [4.69, 9.17) is 28.9 Å². The fraction of sp³-hybridized carbons (Fsp3) is 0.438. The van der Waals surface area contributed by atoms with Crippen LogP contribution in [0.15, 0.2) is 18.2 Å². The molecule has 0 fully saturated rings. The fourth-order valence-corrected chi connectivity index (χ4v) is 3.54. The molecule has 24 heavy (non-hydrogen) atoms. The molecule has 0 aliphatic heterocycles. The van der Waals surface area contributed by atoms with Crippen molar-refractivity contribution >= 4 is 35.9 Å². The third-order valence-corrected chi connectivity index (χ3v) is 4.62. The molecule has 1 aromatic carbocycles. The predicted octanol–water partition coefficient (Wildman–Crippen LogP) is 3.55. The Kier molecular flexibility index (Phi) is 9.49. The number of hydrogen-bond donors (Lipinski definition) is 0. The van der Waals surface area contributed by atoms with Gasteiger partial charge in [0.2, 0.25) is 0 Å². The molecule has 1 aromatic rings. The molecule has 0 saturated carbocycles. The second kappa shape index (κ2) is 10.8. The van der Waals surface area contributed by atoms with Crippen molar-refractivity contribution in [2.75, 3.05) is 7.11 Å². The van der Waals surface area contributed by atoms with E-state index in [0.717, 1.165) is 11.1 Å². The number of carbonyl (C=O) groups excluding carboxylic acids is 2. The summed E-state index contributed by atoms with van der Waals surface area (Å²) in [7, 11) is 13.2. The van der Waals surface area contributed by atoms with Crippen molar-refractivity contribution in [1.29, 1.82) is 0 Å². The van der Waals surface area contributed by atoms with Crippen LogP contribution in [-0.4, -0.2) is 29.8 Å². The van der Waals surface area contributed by atoms with E-state index >= 15 is 0 Å². The topological polar surface area (TPSA) is 61.8 Å². The molecule has 5 nitrogen and oxygen atoms in total. The molecule has 0 aliphatic rings. The second-order valence-electron chi connectivity index (χ2n) is 5.08. The van der Waals surface area contributed by atoms with Gasteiger partial charge in [0.25, 0.3) is 0 Å². The van der Waals surface area contributed by atoms with Gasteiger partial charge >= 0.3 is 155 Å². The van der Waals surface area contributed by atoms with Crippen LogP contribution in [0.2, 0.25) is 0 Å². The Morgan fingerprint density at radius 1 is 1.21 bits per heavy atom. The van der Waals surface area contributed by atoms with Crippen LogP contribution in [-0.2, 0) is 39.2 Å². The van der Waals surface area contributed by atoms with Crippen LogP contribution in [0, 0.1) is 0 Å². The molecule has 8 heteroatoms. The summed E-state index contributed by atoms with van der Waals surface area (Å²) in [6.07, 6.45) is 0.00530. The van der Waals surface area contributed by atoms with Crippen molar-refractivity contribution in [3.8, 4) is 5.75 Å². The van der Waals surface area contributed by atoms with Crippen molar-refractivity contribution in [2.45, 2.75) is 39.4 Å². The van der Waals surface area contributed by atoms with Gasteiger partial charge in [-0.25, -0.2) is 0 Å². The molecule has 1 rings (SSSR count). The summed E-state index contributed by atoms with van der Waals surface area (Å²) in [5.41, 5.74) is 1.57. The zero-order valence-corrected chi connectivity index (χ0v) is 16.9. The van der Waals surface area contributed by atoms with Crippen molar-refractivity contribution in [3.63, 3.8) is 0 Å². The standard InChI is InChI=1S/C16H20O5.2ClH.Ru/c1-11(2)21-14-6-5-13(9-12(14)3)10-20-16(18)8-7-15(17)19-4;;;/h3,5-6,9,11H,7-8,10H2,1-2,4H3;2*1H;/q;;;+2/p-2. The van der Waals surface area contributed by atoms with E-state index in [2.05, 4.69) is 4.74 Å². The first-order valence-electron chi connectivity index (χ1n) is 7.17. The summed E-state index contributed by atoms with van der Waals surface area (Å²) in [6, 6.07) is 5.44. The van der Waals surface area contributed by atoms with Gasteiger partial charge in [-0.05, 0) is 0 Å². The van der Waals surface area contributed by atoms with Crippen molar-refractivity contribution in [1.82, 2.24) is 0 Å². The summed E-state index contributed by atoms with van der Waals surface area (Å²) >= 11 is -2.02. The molecular formula is C16H20Cl2O5Ru. The van der Waals surface area contributed by atoms with Gasteiger partial charge in [-0.2, -0.15) is 0 Å². The van der Waals surface area contributed by atoms with E-state index in [1.807, 2.05) is 26.0 Å². The van der Waals surface area contributed by atoms with Crippen LogP contribution in [0.25, 0.3) is 0 Å². The first-order valence-corrected chi connectivity index (χ1v) is 12.6. The number of methoxy groups -OCH3 is 1. The molecule has 0 unspecified atom stereocenters. The first kappa shape index (κ1) is 21.1. The Labute approximate surface area is 154 Å². The number of esters is 2. The first-order chi connectivity index (χ1) is 11.3. The third kappa shape index (κ3) is 8.23. The monoisotopic (exact) mass is 464 g/mol. The van der Waals surface area contributed by atoms with Gasteiger partial charge in [-0.1, -0.05) is 0 Å². The van der Waals surface area contributed by atoms with E-state index in [1.54, 1.807) is 10.7 Å². The van der Waals surface area contributed by atoms with E-state index in [0.29, 0.717) is 5.75 Å². The summed E-state index contributed by atoms with van der Waals surface area (Å²) < 4.78 is 17.1. The maximum absolute atomic E-state index is 11.6. The Morgan fingerprint density at radius 2 is 1.88 bits per heavy atom. The molecule has 0 heterocycles. The van der Waals surface area contributed by atoms with E-state index in [9.17, 15) is 9.59 Å². The molecule has 136 valence electrons. The van der Waals surface area contributed by atoms with Gasteiger partial charge in [0, 0.05) is 0 Å². The molecule has 0 bridgehead atoms. The molecule has 0 radical (unpaired) electrons.